The van der Waals surface area contributed by atoms with Crippen molar-refractivity contribution in [1.82, 2.24) is 21.7 Å². The average molecular weight is 266 g/mol. The van der Waals surface area contributed by atoms with Crippen molar-refractivity contribution in [3.63, 3.8) is 0 Å². The van der Waals surface area contributed by atoms with Crippen molar-refractivity contribution in [3.05, 3.63) is 0 Å². The molecule has 0 heterocycles. The second-order valence-corrected chi connectivity index (χ2v) is 3.56. The second kappa shape index (κ2) is 11.1. The number of hydrogen-bond acceptors (Lipinski definition) is 6. The Hall–Kier alpha value is -0.380. The number of nitrogens with one attached hydrogen (secondary N) is 4. The van der Waals surface area contributed by atoms with Crippen LogP contribution in [0.4, 0.5) is 0 Å². The average Bonchev–Trinajstić information content (AvgIpc) is 2.29. The van der Waals surface area contributed by atoms with Crippen LogP contribution in [0.5, 0.6) is 0 Å². The van der Waals surface area contributed by atoms with E-state index in [1.807, 2.05) is 0 Å². The Morgan fingerprint density at radius 3 is 1.56 bits per heavy atom. The molecule has 6 nitrogen and oxygen atoms in total. The minimum atomic E-state index is 0.427. The summed E-state index contributed by atoms with van der Waals surface area (Å²) in [4.78, 5) is 0.854. The first-order chi connectivity index (χ1) is 7.72. The van der Waals surface area contributed by atoms with Crippen LogP contribution in [0.1, 0.15) is 0 Å². The highest BCUT2D eigenvalue weighted by atomic mass is 32.1. The molecule has 0 rings (SSSR count). The van der Waals surface area contributed by atoms with E-state index in [9.17, 15) is 0 Å². The first-order valence-corrected chi connectivity index (χ1v) is 5.58. The smallest absolute Gasteiger partial charge is 0.149 e. The van der Waals surface area contributed by atoms with Gasteiger partial charge in [-0.1, -0.05) is 24.4 Å². The fourth-order valence-electron chi connectivity index (χ4n) is 0.705. The fourth-order valence-corrected chi connectivity index (χ4v) is 0.952. The predicted molar refractivity (Wildman–Crippen MR) is 71.2 cm³/mol. The van der Waals surface area contributed by atoms with Crippen LogP contribution in [0.25, 0.3) is 0 Å². The van der Waals surface area contributed by atoms with Crippen LogP contribution in [0.3, 0.4) is 0 Å². The van der Waals surface area contributed by atoms with Crippen LogP contribution in [0, 0.1) is 0 Å². The molecule has 0 aromatic carbocycles. The van der Waals surface area contributed by atoms with Gasteiger partial charge in [-0.15, -0.1) is 0 Å². The van der Waals surface area contributed by atoms with Crippen molar-refractivity contribution in [2.24, 2.45) is 0 Å². The summed E-state index contributed by atoms with van der Waals surface area (Å²) in [6, 6.07) is 0. The highest BCUT2D eigenvalue weighted by Gasteiger charge is 2.01. The van der Waals surface area contributed by atoms with Crippen LogP contribution in [0.15, 0.2) is 0 Å². The van der Waals surface area contributed by atoms with Gasteiger partial charge in [-0.05, 0) is 0 Å². The number of methoxy groups -OCH3 is 2. The standard InChI is InChI=1S/C8H18N4O2S2/c1-13-5-3-9-11-7(15)8(16)12-10-4-6-14-2/h9-10H,3-6H2,1-2H3,(H,11,15)(H,12,16). The number of hydrogen-bond donors (Lipinski definition) is 4. The van der Waals surface area contributed by atoms with Gasteiger partial charge in [-0.2, -0.15) is 0 Å². The number of hydrazine groups is 2. The lowest BCUT2D eigenvalue weighted by atomic mass is 10.6. The zero-order chi connectivity index (χ0) is 12.2. The highest BCUT2D eigenvalue weighted by molar-refractivity contribution is 7.89. The Morgan fingerprint density at radius 1 is 0.875 bits per heavy atom. The van der Waals surface area contributed by atoms with Crippen molar-refractivity contribution in [1.29, 1.82) is 0 Å². The Morgan fingerprint density at radius 2 is 1.25 bits per heavy atom. The number of rotatable bonds is 8. The second-order valence-electron chi connectivity index (χ2n) is 2.75. The molecule has 0 saturated carbocycles. The summed E-state index contributed by atoms with van der Waals surface area (Å²) in [6.07, 6.45) is 0. The minimum Gasteiger partial charge on any atom is -0.383 e. The van der Waals surface area contributed by atoms with Gasteiger partial charge in [0.05, 0.1) is 13.2 Å². The van der Waals surface area contributed by atoms with E-state index in [0.29, 0.717) is 36.3 Å². The highest BCUT2D eigenvalue weighted by Crippen LogP contribution is 1.75. The van der Waals surface area contributed by atoms with E-state index in [1.165, 1.54) is 0 Å². The third-order valence-electron chi connectivity index (χ3n) is 1.47. The summed E-state index contributed by atoms with van der Waals surface area (Å²) in [7, 11) is 3.26. The van der Waals surface area contributed by atoms with Gasteiger partial charge < -0.3 is 20.3 Å². The summed E-state index contributed by atoms with van der Waals surface area (Å²) in [5, 5.41) is 0. The molecule has 4 N–H and O–H groups in total. The van der Waals surface area contributed by atoms with E-state index in [4.69, 9.17) is 33.9 Å². The van der Waals surface area contributed by atoms with Crippen LogP contribution < -0.4 is 21.7 Å². The molecule has 8 heteroatoms. The molecule has 0 radical (unpaired) electrons. The zero-order valence-corrected chi connectivity index (χ0v) is 11.1. The lowest BCUT2D eigenvalue weighted by Gasteiger charge is -2.12. The maximum Gasteiger partial charge on any atom is 0.149 e. The minimum absolute atomic E-state index is 0.427. The van der Waals surface area contributed by atoms with Gasteiger partial charge >= 0.3 is 0 Å². The maximum atomic E-state index is 5.01. The van der Waals surface area contributed by atoms with Crippen molar-refractivity contribution in [2.45, 2.75) is 0 Å². The fraction of sp³-hybridized carbons (Fsp3) is 0.750. The zero-order valence-electron chi connectivity index (χ0n) is 9.46. The molecule has 0 fully saturated rings. The molecule has 0 bridgehead atoms. The molecule has 0 atom stereocenters. The molecule has 0 aliphatic heterocycles. The van der Waals surface area contributed by atoms with Gasteiger partial charge in [0, 0.05) is 27.3 Å². The molecule has 0 saturated heterocycles. The van der Waals surface area contributed by atoms with Crippen molar-refractivity contribution in [3.8, 4) is 0 Å². The molecule has 0 amide bonds. The van der Waals surface area contributed by atoms with E-state index in [1.54, 1.807) is 14.2 Å². The monoisotopic (exact) mass is 266 g/mol. The van der Waals surface area contributed by atoms with Gasteiger partial charge in [0.1, 0.15) is 9.98 Å². The normalized spacial score (nSPS) is 9.88. The Kier molecular flexibility index (Phi) is 10.9. The van der Waals surface area contributed by atoms with Gasteiger partial charge in [0.15, 0.2) is 0 Å². The molecule has 16 heavy (non-hydrogen) atoms. The first-order valence-electron chi connectivity index (χ1n) is 4.76. The number of ether oxygens (including phenoxy) is 2. The largest absolute Gasteiger partial charge is 0.383 e. The lowest BCUT2D eigenvalue weighted by molar-refractivity contribution is 0.197. The molecule has 0 spiro atoms. The Balaban J connectivity index is 3.46. The van der Waals surface area contributed by atoms with Gasteiger partial charge in [0.25, 0.3) is 0 Å². The summed E-state index contributed by atoms with van der Waals surface area (Å²) in [5.74, 6) is 0. The molecule has 0 aromatic rings. The van der Waals surface area contributed by atoms with Gasteiger partial charge in [0.2, 0.25) is 0 Å². The van der Waals surface area contributed by atoms with E-state index >= 15 is 0 Å². The summed E-state index contributed by atoms with van der Waals surface area (Å²) in [6.45, 7) is 2.50. The topological polar surface area (TPSA) is 66.6 Å². The van der Waals surface area contributed by atoms with Crippen molar-refractivity contribution in [2.75, 3.05) is 40.5 Å². The molecule has 0 aliphatic rings. The molecule has 94 valence electrons. The predicted octanol–water partition coefficient (Wildman–Crippen LogP) is -0.878. The van der Waals surface area contributed by atoms with E-state index in [0.717, 1.165) is 0 Å². The molecule has 0 unspecified atom stereocenters. The number of thiocarbonyl (C=S) groups is 2. The van der Waals surface area contributed by atoms with E-state index in [-0.39, 0.29) is 0 Å². The Bertz CT molecular complexity index is 194. The van der Waals surface area contributed by atoms with Gasteiger partial charge in [-0.3, -0.25) is 0 Å². The summed E-state index contributed by atoms with van der Waals surface area (Å²) < 4.78 is 9.71. The third kappa shape index (κ3) is 8.89. The third-order valence-corrected chi connectivity index (χ3v) is 2.21. The van der Waals surface area contributed by atoms with Gasteiger partial charge in [-0.25, -0.2) is 10.9 Å². The van der Waals surface area contributed by atoms with Crippen LogP contribution in [0.2, 0.25) is 0 Å². The molecular formula is C8H18N4O2S2. The van der Waals surface area contributed by atoms with Crippen LogP contribution in [-0.4, -0.2) is 50.5 Å². The van der Waals surface area contributed by atoms with Crippen molar-refractivity contribution >= 4 is 34.4 Å². The summed E-state index contributed by atoms with van der Waals surface area (Å²) in [5.41, 5.74) is 11.3. The molecule has 0 aliphatic carbocycles. The quantitative estimate of drug-likeness (QED) is 0.257. The SMILES string of the molecule is COCCNNC(=S)C(=S)NNCCOC. The maximum absolute atomic E-state index is 5.01. The lowest BCUT2D eigenvalue weighted by Crippen LogP contribution is -2.49. The first kappa shape index (κ1) is 15.6. The Labute approximate surface area is 106 Å². The molecule has 0 aromatic heterocycles. The molecular weight excluding hydrogens is 248 g/mol. The van der Waals surface area contributed by atoms with E-state index < -0.39 is 0 Å². The summed E-state index contributed by atoms with van der Waals surface area (Å²) >= 11 is 10.0. The van der Waals surface area contributed by atoms with Crippen molar-refractivity contribution < 1.29 is 9.47 Å². The van der Waals surface area contributed by atoms with Crippen LogP contribution in [-0.2, 0) is 9.47 Å². The van der Waals surface area contributed by atoms with Crippen LogP contribution >= 0.6 is 24.4 Å². The van der Waals surface area contributed by atoms with E-state index in [2.05, 4.69) is 21.7 Å².